The number of halogens is 1. The molecule has 0 amide bonds. The van der Waals surface area contributed by atoms with Crippen LogP contribution in [0.5, 0.6) is 5.75 Å². The van der Waals surface area contributed by atoms with Gasteiger partial charge in [-0.15, -0.1) is 10.2 Å². The number of carboxylic acids is 1. The molecule has 0 aliphatic rings. The van der Waals surface area contributed by atoms with Crippen molar-refractivity contribution in [1.29, 1.82) is 0 Å². The van der Waals surface area contributed by atoms with Gasteiger partial charge in [0, 0.05) is 4.47 Å². The SMILES string of the molecule is COc1ccc(Br)c(-c2nnc(C(=O)O)o2)c1. The highest BCUT2D eigenvalue weighted by Crippen LogP contribution is 2.30. The number of hydrogen-bond acceptors (Lipinski definition) is 5. The highest BCUT2D eigenvalue weighted by molar-refractivity contribution is 9.10. The number of aromatic carboxylic acids is 1. The van der Waals surface area contributed by atoms with Gasteiger partial charge in [-0.3, -0.25) is 0 Å². The summed E-state index contributed by atoms with van der Waals surface area (Å²) in [5.41, 5.74) is 0.573. The van der Waals surface area contributed by atoms with Crippen LogP contribution in [-0.2, 0) is 0 Å². The van der Waals surface area contributed by atoms with Crippen molar-refractivity contribution in [3.63, 3.8) is 0 Å². The van der Waals surface area contributed by atoms with Gasteiger partial charge in [0.25, 0.3) is 0 Å². The Hall–Kier alpha value is -1.89. The van der Waals surface area contributed by atoms with E-state index in [0.29, 0.717) is 15.8 Å². The van der Waals surface area contributed by atoms with Crippen molar-refractivity contribution in [3.05, 3.63) is 28.6 Å². The highest BCUT2D eigenvalue weighted by atomic mass is 79.9. The van der Waals surface area contributed by atoms with Gasteiger partial charge in [0.1, 0.15) is 5.75 Å². The molecule has 0 fully saturated rings. The number of carbonyl (C=O) groups is 1. The molecule has 0 spiro atoms. The summed E-state index contributed by atoms with van der Waals surface area (Å²) in [6.07, 6.45) is 0. The first-order valence-corrected chi connectivity index (χ1v) is 5.32. The summed E-state index contributed by atoms with van der Waals surface area (Å²) in [6, 6.07) is 5.17. The Morgan fingerprint density at radius 2 is 2.24 bits per heavy atom. The van der Waals surface area contributed by atoms with Gasteiger partial charge in [0.05, 0.1) is 12.7 Å². The van der Waals surface area contributed by atoms with Gasteiger partial charge >= 0.3 is 11.9 Å². The Morgan fingerprint density at radius 1 is 1.47 bits per heavy atom. The first-order chi connectivity index (χ1) is 8.11. The van der Waals surface area contributed by atoms with Crippen LogP contribution in [0.25, 0.3) is 11.5 Å². The summed E-state index contributed by atoms with van der Waals surface area (Å²) in [4.78, 5) is 10.6. The van der Waals surface area contributed by atoms with E-state index in [1.165, 1.54) is 7.11 Å². The van der Waals surface area contributed by atoms with Crippen molar-refractivity contribution in [2.24, 2.45) is 0 Å². The van der Waals surface area contributed by atoms with Gasteiger partial charge < -0.3 is 14.3 Å². The molecule has 0 aliphatic heterocycles. The maximum atomic E-state index is 10.6. The van der Waals surface area contributed by atoms with Crippen LogP contribution in [0, 0.1) is 0 Å². The van der Waals surface area contributed by atoms with Gasteiger partial charge in [0.2, 0.25) is 5.89 Å². The topological polar surface area (TPSA) is 85.5 Å². The van der Waals surface area contributed by atoms with E-state index in [4.69, 9.17) is 14.3 Å². The monoisotopic (exact) mass is 298 g/mol. The van der Waals surface area contributed by atoms with Gasteiger partial charge in [-0.2, -0.15) is 0 Å². The molecule has 0 saturated carbocycles. The summed E-state index contributed by atoms with van der Waals surface area (Å²) in [5.74, 6) is -0.982. The number of methoxy groups -OCH3 is 1. The quantitative estimate of drug-likeness (QED) is 0.935. The Kier molecular flexibility index (Phi) is 3.10. The molecule has 2 rings (SSSR count). The van der Waals surface area contributed by atoms with Crippen LogP contribution in [0.2, 0.25) is 0 Å². The highest BCUT2D eigenvalue weighted by Gasteiger charge is 2.16. The van der Waals surface area contributed by atoms with E-state index < -0.39 is 11.9 Å². The summed E-state index contributed by atoms with van der Waals surface area (Å²) in [7, 11) is 1.53. The summed E-state index contributed by atoms with van der Waals surface area (Å²) in [6.45, 7) is 0. The van der Waals surface area contributed by atoms with E-state index in [1.54, 1.807) is 18.2 Å². The molecule has 1 heterocycles. The number of carboxylic acid groups (broad SMARTS) is 1. The Morgan fingerprint density at radius 3 is 2.82 bits per heavy atom. The summed E-state index contributed by atoms with van der Waals surface area (Å²) in [5, 5.41) is 15.8. The van der Waals surface area contributed by atoms with Crippen molar-refractivity contribution in [2.75, 3.05) is 7.11 Å². The molecule has 1 aromatic heterocycles. The number of aromatic nitrogens is 2. The van der Waals surface area contributed by atoms with Gasteiger partial charge in [-0.05, 0) is 34.1 Å². The Balaban J connectivity index is 2.47. The van der Waals surface area contributed by atoms with Crippen molar-refractivity contribution in [2.45, 2.75) is 0 Å². The predicted octanol–water partition coefficient (Wildman–Crippen LogP) is 2.21. The molecule has 17 heavy (non-hydrogen) atoms. The fourth-order valence-electron chi connectivity index (χ4n) is 1.21. The van der Waals surface area contributed by atoms with Crippen LogP contribution >= 0.6 is 15.9 Å². The molecule has 1 N–H and O–H groups in total. The lowest BCUT2D eigenvalue weighted by molar-refractivity contribution is 0.0654. The normalized spacial score (nSPS) is 10.2. The lowest BCUT2D eigenvalue weighted by atomic mass is 10.2. The van der Waals surface area contributed by atoms with E-state index in [-0.39, 0.29) is 5.89 Å². The fourth-order valence-corrected chi connectivity index (χ4v) is 1.63. The Labute approximate surface area is 104 Å². The van der Waals surface area contributed by atoms with Crippen molar-refractivity contribution >= 4 is 21.9 Å². The van der Waals surface area contributed by atoms with Crippen LogP contribution in [0.4, 0.5) is 0 Å². The number of hydrogen-bond donors (Lipinski definition) is 1. The Bertz CT molecular complexity index is 567. The molecule has 0 atom stereocenters. The van der Waals surface area contributed by atoms with Crippen LogP contribution in [0.3, 0.4) is 0 Å². The van der Waals surface area contributed by atoms with E-state index in [9.17, 15) is 4.79 Å². The minimum atomic E-state index is -1.26. The van der Waals surface area contributed by atoms with E-state index in [1.807, 2.05) is 0 Å². The first kappa shape index (κ1) is 11.6. The van der Waals surface area contributed by atoms with E-state index >= 15 is 0 Å². The van der Waals surface area contributed by atoms with Crippen LogP contribution in [0.1, 0.15) is 10.7 Å². The third-order valence-electron chi connectivity index (χ3n) is 2.01. The molecule has 0 saturated heterocycles. The zero-order chi connectivity index (χ0) is 12.4. The van der Waals surface area contributed by atoms with Gasteiger partial charge in [0.15, 0.2) is 0 Å². The minimum absolute atomic E-state index is 0.119. The zero-order valence-corrected chi connectivity index (χ0v) is 10.3. The second-order valence-corrected chi connectivity index (χ2v) is 3.92. The third kappa shape index (κ3) is 2.28. The smallest absolute Gasteiger partial charge is 0.393 e. The molecule has 0 bridgehead atoms. The predicted molar refractivity (Wildman–Crippen MR) is 60.9 cm³/mol. The average Bonchev–Trinajstić information content (AvgIpc) is 2.79. The number of benzene rings is 1. The van der Waals surface area contributed by atoms with E-state index in [0.717, 1.165) is 0 Å². The zero-order valence-electron chi connectivity index (χ0n) is 8.68. The second kappa shape index (κ2) is 4.54. The summed E-state index contributed by atoms with van der Waals surface area (Å²) < 4.78 is 10.8. The van der Waals surface area contributed by atoms with Gasteiger partial charge in [-0.25, -0.2) is 4.79 Å². The van der Waals surface area contributed by atoms with Crippen molar-refractivity contribution < 1.29 is 19.1 Å². The first-order valence-electron chi connectivity index (χ1n) is 4.52. The largest absolute Gasteiger partial charge is 0.497 e. The lowest BCUT2D eigenvalue weighted by Gasteiger charge is -2.03. The molecule has 0 unspecified atom stereocenters. The average molecular weight is 299 g/mol. The lowest BCUT2D eigenvalue weighted by Crippen LogP contribution is -1.95. The molecule has 1 aromatic carbocycles. The fraction of sp³-hybridized carbons (Fsp3) is 0.100. The second-order valence-electron chi connectivity index (χ2n) is 3.06. The molecule has 7 heteroatoms. The molecule has 2 aromatic rings. The molecule has 0 radical (unpaired) electrons. The summed E-state index contributed by atoms with van der Waals surface area (Å²) >= 11 is 3.31. The van der Waals surface area contributed by atoms with Gasteiger partial charge in [-0.1, -0.05) is 0 Å². The molecule has 0 aliphatic carbocycles. The van der Waals surface area contributed by atoms with Crippen LogP contribution < -0.4 is 4.74 Å². The standard InChI is InChI=1S/C10H7BrN2O4/c1-16-5-2-3-7(11)6(4-5)8-12-13-9(17-8)10(14)15/h2-4H,1H3,(H,14,15). The number of rotatable bonds is 3. The molecule has 88 valence electrons. The van der Waals surface area contributed by atoms with Crippen molar-refractivity contribution in [1.82, 2.24) is 10.2 Å². The number of nitrogens with zero attached hydrogens (tertiary/aromatic N) is 2. The molecule has 6 nitrogen and oxygen atoms in total. The van der Waals surface area contributed by atoms with Crippen LogP contribution in [0.15, 0.2) is 27.1 Å². The van der Waals surface area contributed by atoms with Crippen molar-refractivity contribution in [3.8, 4) is 17.2 Å². The third-order valence-corrected chi connectivity index (χ3v) is 2.70. The van der Waals surface area contributed by atoms with E-state index in [2.05, 4.69) is 26.1 Å². The maximum Gasteiger partial charge on any atom is 0.393 e. The molecular weight excluding hydrogens is 292 g/mol. The number of ether oxygens (including phenoxy) is 1. The van der Waals surface area contributed by atoms with Crippen LogP contribution in [-0.4, -0.2) is 28.4 Å². The maximum absolute atomic E-state index is 10.6. The minimum Gasteiger partial charge on any atom is -0.497 e. The molecular formula is C10H7BrN2O4.